The van der Waals surface area contributed by atoms with E-state index in [2.05, 4.69) is 4.98 Å². The lowest BCUT2D eigenvalue weighted by molar-refractivity contribution is -0.137. The van der Waals surface area contributed by atoms with Gasteiger partial charge in [-0.05, 0) is 42.8 Å². The maximum absolute atomic E-state index is 12.8. The van der Waals surface area contributed by atoms with Gasteiger partial charge in [0.2, 0.25) is 5.89 Å². The molecule has 108 valence electrons. The highest BCUT2D eigenvalue weighted by Gasteiger charge is 2.31. The van der Waals surface area contributed by atoms with Gasteiger partial charge in [-0.2, -0.15) is 13.2 Å². The first-order valence-electron chi connectivity index (χ1n) is 6.19. The lowest BCUT2D eigenvalue weighted by atomic mass is 10.1. The highest BCUT2D eigenvalue weighted by atomic mass is 19.4. The molecule has 3 nitrogen and oxygen atoms in total. The summed E-state index contributed by atoms with van der Waals surface area (Å²) in [6.45, 7) is 1.89. The van der Waals surface area contributed by atoms with E-state index in [4.69, 9.17) is 10.2 Å². The average Bonchev–Trinajstić information content (AvgIpc) is 2.80. The van der Waals surface area contributed by atoms with Crippen LogP contribution in [0.1, 0.15) is 11.1 Å². The molecule has 0 fully saturated rings. The van der Waals surface area contributed by atoms with Crippen molar-refractivity contribution in [3.63, 3.8) is 0 Å². The zero-order chi connectivity index (χ0) is 15.2. The van der Waals surface area contributed by atoms with Gasteiger partial charge >= 0.3 is 6.18 Å². The van der Waals surface area contributed by atoms with Gasteiger partial charge in [0, 0.05) is 5.69 Å². The molecule has 0 aliphatic carbocycles. The number of oxazole rings is 1. The summed E-state index contributed by atoms with van der Waals surface area (Å²) < 4.78 is 43.9. The lowest BCUT2D eigenvalue weighted by Crippen LogP contribution is -2.05. The third-order valence-corrected chi connectivity index (χ3v) is 3.15. The van der Waals surface area contributed by atoms with Gasteiger partial charge in [0.15, 0.2) is 5.58 Å². The van der Waals surface area contributed by atoms with Gasteiger partial charge in [0.1, 0.15) is 5.52 Å². The standard InChI is InChI=1S/C15H11F3N2O/c1-8-2-5-12-13(6-8)21-14(20-12)10-7-9(15(16,17)18)3-4-11(10)19/h2-7H,19H2,1H3. The number of benzene rings is 2. The van der Waals surface area contributed by atoms with Crippen LogP contribution in [0.4, 0.5) is 18.9 Å². The van der Waals surface area contributed by atoms with E-state index in [1.807, 2.05) is 13.0 Å². The minimum Gasteiger partial charge on any atom is -0.436 e. The van der Waals surface area contributed by atoms with Crippen LogP contribution in [-0.2, 0) is 6.18 Å². The van der Waals surface area contributed by atoms with E-state index in [0.29, 0.717) is 11.1 Å². The molecule has 6 heteroatoms. The number of aromatic nitrogens is 1. The van der Waals surface area contributed by atoms with E-state index in [0.717, 1.165) is 17.7 Å². The van der Waals surface area contributed by atoms with Crippen LogP contribution < -0.4 is 5.73 Å². The van der Waals surface area contributed by atoms with Gasteiger partial charge in [0.25, 0.3) is 0 Å². The molecule has 0 radical (unpaired) electrons. The smallest absolute Gasteiger partial charge is 0.416 e. The molecule has 2 N–H and O–H groups in total. The average molecular weight is 292 g/mol. The topological polar surface area (TPSA) is 52.0 Å². The van der Waals surface area contributed by atoms with Crippen molar-refractivity contribution in [1.82, 2.24) is 4.98 Å². The summed E-state index contributed by atoms with van der Waals surface area (Å²) in [6, 6.07) is 8.47. The number of nitrogens with two attached hydrogens (primary N) is 1. The second-order valence-corrected chi connectivity index (χ2v) is 4.79. The molecule has 0 atom stereocenters. The minimum absolute atomic E-state index is 0.0826. The number of alkyl halides is 3. The molecule has 0 unspecified atom stereocenters. The molecule has 0 aliphatic rings. The largest absolute Gasteiger partial charge is 0.436 e. The van der Waals surface area contributed by atoms with Gasteiger partial charge in [0.05, 0.1) is 11.1 Å². The Labute approximate surface area is 118 Å². The fraction of sp³-hybridized carbons (Fsp3) is 0.133. The SMILES string of the molecule is Cc1ccc2nc(-c3cc(C(F)(F)F)ccc3N)oc2c1. The van der Waals surface area contributed by atoms with E-state index in [9.17, 15) is 13.2 Å². The molecule has 3 aromatic rings. The van der Waals surface area contributed by atoms with E-state index in [-0.39, 0.29) is 17.1 Å². The van der Waals surface area contributed by atoms with E-state index >= 15 is 0 Å². The Kier molecular flexibility index (Phi) is 2.90. The molecule has 0 saturated carbocycles. The fourth-order valence-corrected chi connectivity index (χ4v) is 2.06. The van der Waals surface area contributed by atoms with Crippen molar-refractivity contribution in [3.8, 4) is 11.5 Å². The summed E-state index contributed by atoms with van der Waals surface area (Å²) in [5.74, 6) is 0.0826. The number of hydrogen-bond acceptors (Lipinski definition) is 3. The summed E-state index contributed by atoms with van der Waals surface area (Å²) >= 11 is 0. The van der Waals surface area contributed by atoms with Crippen molar-refractivity contribution in [2.24, 2.45) is 0 Å². The first-order valence-corrected chi connectivity index (χ1v) is 6.19. The number of nitrogen functional groups attached to an aromatic ring is 1. The Hall–Kier alpha value is -2.50. The van der Waals surface area contributed by atoms with E-state index in [1.165, 1.54) is 6.07 Å². The third kappa shape index (κ3) is 2.44. The predicted octanol–water partition coefficient (Wildman–Crippen LogP) is 4.40. The van der Waals surface area contributed by atoms with Crippen LogP contribution in [0.25, 0.3) is 22.6 Å². The van der Waals surface area contributed by atoms with Crippen LogP contribution in [0.5, 0.6) is 0 Å². The van der Waals surface area contributed by atoms with Gasteiger partial charge in [-0.1, -0.05) is 6.07 Å². The van der Waals surface area contributed by atoms with Gasteiger partial charge in [-0.3, -0.25) is 0 Å². The quantitative estimate of drug-likeness (QED) is 0.676. The van der Waals surface area contributed by atoms with Crippen LogP contribution in [0, 0.1) is 6.92 Å². The van der Waals surface area contributed by atoms with Crippen molar-refractivity contribution in [3.05, 3.63) is 47.5 Å². The van der Waals surface area contributed by atoms with Gasteiger partial charge in [-0.25, -0.2) is 4.98 Å². The molecule has 1 heterocycles. The Balaban J connectivity index is 2.17. The number of rotatable bonds is 1. The van der Waals surface area contributed by atoms with Crippen LogP contribution in [0.3, 0.4) is 0 Å². The zero-order valence-electron chi connectivity index (χ0n) is 11.0. The number of fused-ring (bicyclic) bond motifs is 1. The Morgan fingerprint density at radius 2 is 1.86 bits per heavy atom. The summed E-state index contributed by atoms with van der Waals surface area (Å²) in [5, 5.41) is 0. The van der Waals surface area contributed by atoms with Crippen molar-refractivity contribution in [2.75, 3.05) is 5.73 Å². The Morgan fingerprint density at radius 3 is 2.57 bits per heavy atom. The fourth-order valence-electron chi connectivity index (χ4n) is 2.06. The summed E-state index contributed by atoms with van der Waals surface area (Å²) in [7, 11) is 0. The first kappa shape index (κ1) is 13.5. The highest BCUT2D eigenvalue weighted by molar-refractivity contribution is 5.80. The van der Waals surface area contributed by atoms with Crippen molar-refractivity contribution >= 4 is 16.8 Å². The molecular formula is C15H11F3N2O. The summed E-state index contributed by atoms with van der Waals surface area (Å²) in [4.78, 5) is 4.19. The second kappa shape index (κ2) is 4.51. The van der Waals surface area contributed by atoms with Crippen molar-refractivity contribution in [2.45, 2.75) is 13.1 Å². The molecule has 3 rings (SSSR count). The molecule has 1 aromatic heterocycles. The monoisotopic (exact) mass is 292 g/mol. The Morgan fingerprint density at radius 1 is 1.10 bits per heavy atom. The van der Waals surface area contributed by atoms with Crippen LogP contribution in [0.2, 0.25) is 0 Å². The molecule has 2 aromatic carbocycles. The zero-order valence-corrected chi connectivity index (χ0v) is 11.0. The van der Waals surface area contributed by atoms with E-state index < -0.39 is 11.7 Å². The summed E-state index contributed by atoms with van der Waals surface area (Å²) in [5.41, 5.74) is 7.35. The molecule has 0 saturated heterocycles. The minimum atomic E-state index is -4.44. The number of nitrogens with zero attached hydrogens (tertiary/aromatic N) is 1. The Bertz CT molecular complexity index is 821. The van der Waals surface area contributed by atoms with Crippen LogP contribution >= 0.6 is 0 Å². The highest BCUT2D eigenvalue weighted by Crippen LogP contribution is 2.35. The normalized spacial score (nSPS) is 12.0. The number of aryl methyl sites for hydroxylation is 1. The van der Waals surface area contributed by atoms with Crippen LogP contribution in [0.15, 0.2) is 40.8 Å². The molecule has 0 aliphatic heterocycles. The number of anilines is 1. The molecular weight excluding hydrogens is 281 g/mol. The van der Waals surface area contributed by atoms with Gasteiger partial charge < -0.3 is 10.2 Å². The van der Waals surface area contributed by atoms with E-state index in [1.54, 1.807) is 12.1 Å². The maximum Gasteiger partial charge on any atom is 0.416 e. The third-order valence-electron chi connectivity index (χ3n) is 3.15. The summed E-state index contributed by atoms with van der Waals surface area (Å²) in [6.07, 6.45) is -4.44. The molecule has 0 bridgehead atoms. The first-order chi connectivity index (χ1) is 9.84. The second-order valence-electron chi connectivity index (χ2n) is 4.79. The molecule has 0 amide bonds. The number of hydrogen-bond donors (Lipinski definition) is 1. The maximum atomic E-state index is 12.8. The van der Waals surface area contributed by atoms with Crippen LogP contribution in [-0.4, -0.2) is 4.98 Å². The number of halogens is 3. The van der Waals surface area contributed by atoms with Crippen molar-refractivity contribution < 1.29 is 17.6 Å². The molecule has 21 heavy (non-hydrogen) atoms. The predicted molar refractivity (Wildman–Crippen MR) is 73.6 cm³/mol. The molecule has 0 spiro atoms. The van der Waals surface area contributed by atoms with Crippen molar-refractivity contribution in [1.29, 1.82) is 0 Å². The lowest BCUT2D eigenvalue weighted by Gasteiger charge is -2.09. The van der Waals surface area contributed by atoms with Gasteiger partial charge in [-0.15, -0.1) is 0 Å².